The van der Waals surface area contributed by atoms with Crippen molar-refractivity contribution in [3.05, 3.63) is 23.2 Å². The number of anilines is 1. The zero-order valence-corrected chi connectivity index (χ0v) is 12.8. The van der Waals surface area contributed by atoms with Gasteiger partial charge in [0.15, 0.2) is 0 Å². The maximum Gasteiger partial charge on any atom is 0.0562 e. The summed E-state index contributed by atoms with van der Waals surface area (Å²) >= 11 is 7.96. The molecule has 1 rings (SSSR count). The van der Waals surface area contributed by atoms with Crippen molar-refractivity contribution in [3.63, 3.8) is 0 Å². The summed E-state index contributed by atoms with van der Waals surface area (Å²) in [5, 5.41) is 0.781. The number of halogens is 1. The zero-order chi connectivity index (χ0) is 13.2. The largest absolute Gasteiger partial charge is 0.399 e. The van der Waals surface area contributed by atoms with E-state index in [0.29, 0.717) is 0 Å². The molecule has 0 heterocycles. The Bertz CT molecular complexity index is 341. The summed E-state index contributed by atoms with van der Waals surface area (Å²) in [6.45, 7) is 2.26. The Hall–Kier alpha value is -0.340. The number of nitrogen functional groups attached to an aromatic ring is 1. The van der Waals surface area contributed by atoms with Crippen molar-refractivity contribution >= 4 is 29.1 Å². The molecule has 0 aliphatic rings. The molecule has 0 unspecified atom stereocenters. The summed E-state index contributed by atoms with van der Waals surface area (Å²) in [7, 11) is 0. The molecule has 1 aromatic rings. The lowest BCUT2D eigenvalue weighted by atomic mass is 10.1. The van der Waals surface area contributed by atoms with E-state index in [1.54, 1.807) is 0 Å². The third-order valence-corrected chi connectivity index (χ3v) is 4.55. The van der Waals surface area contributed by atoms with Crippen molar-refractivity contribution in [2.45, 2.75) is 56.8 Å². The van der Waals surface area contributed by atoms with E-state index in [1.807, 2.05) is 30.0 Å². The van der Waals surface area contributed by atoms with Gasteiger partial charge in [0.25, 0.3) is 0 Å². The molecule has 0 fully saturated rings. The van der Waals surface area contributed by atoms with Crippen LogP contribution < -0.4 is 5.73 Å². The summed E-state index contributed by atoms with van der Waals surface area (Å²) in [4.78, 5) is 1.15. The number of nitrogens with two attached hydrogens (primary N) is 1. The molecule has 0 radical (unpaired) electrons. The highest BCUT2D eigenvalue weighted by Gasteiger charge is 2.01. The van der Waals surface area contributed by atoms with Gasteiger partial charge >= 0.3 is 0 Å². The number of rotatable bonds is 9. The van der Waals surface area contributed by atoms with Gasteiger partial charge in [0, 0.05) is 10.6 Å². The SMILES string of the molecule is CCCCCCCCCSc1ccc(N)cc1Cl. The van der Waals surface area contributed by atoms with E-state index in [2.05, 4.69) is 6.92 Å². The minimum atomic E-state index is 0.736. The fourth-order valence-electron chi connectivity index (χ4n) is 1.88. The number of benzene rings is 1. The second-order valence-electron chi connectivity index (χ2n) is 4.66. The molecule has 0 aromatic heterocycles. The smallest absolute Gasteiger partial charge is 0.0562 e. The third kappa shape index (κ3) is 6.55. The average molecular weight is 286 g/mol. The lowest BCUT2D eigenvalue weighted by Gasteiger charge is -2.05. The van der Waals surface area contributed by atoms with E-state index in [1.165, 1.54) is 44.9 Å². The van der Waals surface area contributed by atoms with Crippen LogP contribution in [0.5, 0.6) is 0 Å². The van der Waals surface area contributed by atoms with Gasteiger partial charge in [0.1, 0.15) is 0 Å². The fraction of sp³-hybridized carbons (Fsp3) is 0.600. The van der Waals surface area contributed by atoms with Gasteiger partial charge < -0.3 is 5.73 Å². The number of unbranched alkanes of at least 4 members (excludes halogenated alkanes) is 6. The van der Waals surface area contributed by atoms with Gasteiger partial charge in [-0.25, -0.2) is 0 Å². The van der Waals surface area contributed by atoms with Crippen LogP contribution in [0.4, 0.5) is 5.69 Å². The first-order chi connectivity index (χ1) is 8.74. The quantitative estimate of drug-likeness (QED) is 0.354. The third-order valence-electron chi connectivity index (χ3n) is 2.96. The molecule has 3 heteroatoms. The Kier molecular flexibility index (Phi) is 8.36. The molecule has 0 atom stereocenters. The molecule has 1 aromatic carbocycles. The van der Waals surface area contributed by atoms with Crippen molar-refractivity contribution < 1.29 is 0 Å². The molecule has 0 spiro atoms. The second kappa shape index (κ2) is 9.57. The molecule has 0 aliphatic carbocycles. The number of hydrogen-bond donors (Lipinski definition) is 1. The highest BCUT2D eigenvalue weighted by molar-refractivity contribution is 7.99. The van der Waals surface area contributed by atoms with E-state index in [4.69, 9.17) is 17.3 Å². The van der Waals surface area contributed by atoms with Gasteiger partial charge in [-0.05, 0) is 30.4 Å². The van der Waals surface area contributed by atoms with Crippen molar-refractivity contribution in [1.82, 2.24) is 0 Å². The van der Waals surface area contributed by atoms with Crippen molar-refractivity contribution in [1.29, 1.82) is 0 Å². The Morgan fingerprint density at radius 2 is 1.72 bits per heavy atom. The fourth-order valence-corrected chi connectivity index (χ4v) is 3.16. The lowest BCUT2D eigenvalue weighted by Crippen LogP contribution is -1.86. The van der Waals surface area contributed by atoms with Crippen LogP contribution in [0.3, 0.4) is 0 Å². The first-order valence-corrected chi connectivity index (χ1v) is 8.28. The molecular weight excluding hydrogens is 262 g/mol. The van der Waals surface area contributed by atoms with Crippen LogP contribution in [0.1, 0.15) is 51.9 Å². The lowest BCUT2D eigenvalue weighted by molar-refractivity contribution is 0.603. The zero-order valence-electron chi connectivity index (χ0n) is 11.3. The van der Waals surface area contributed by atoms with Crippen LogP contribution in [-0.2, 0) is 0 Å². The van der Waals surface area contributed by atoms with Crippen LogP contribution >= 0.6 is 23.4 Å². The van der Waals surface area contributed by atoms with Crippen LogP contribution in [0, 0.1) is 0 Å². The van der Waals surface area contributed by atoms with E-state index in [-0.39, 0.29) is 0 Å². The van der Waals surface area contributed by atoms with Gasteiger partial charge in [-0.3, -0.25) is 0 Å². The van der Waals surface area contributed by atoms with Crippen molar-refractivity contribution in [3.8, 4) is 0 Å². The summed E-state index contributed by atoms with van der Waals surface area (Å²) in [5.41, 5.74) is 6.40. The molecule has 0 bridgehead atoms. The van der Waals surface area contributed by atoms with Crippen LogP contribution in [0.2, 0.25) is 5.02 Å². The molecule has 2 N–H and O–H groups in total. The molecule has 1 nitrogen and oxygen atoms in total. The molecule has 0 saturated heterocycles. The number of thioether (sulfide) groups is 1. The minimum absolute atomic E-state index is 0.736. The van der Waals surface area contributed by atoms with Gasteiger partial charge in [-0.2, -0.15) is 0 Å². The Balaban J connectivity index is 2.07. The number of hydrogen-bond acceptors (Lipinski definition) is 2. The Morgan fingerprint density at radius 3 is 2.39 bits per heavy atom. The highest BCUT2D eigenvalue weighted by Crippen LogP contribution is 2.29. The van der Waals surface area contributed by atoms with E-state index in [9.17, 15) is 0 Å². The first-order valence-electron chi connectivity index (χ1n) is 6.92. The summed E-state index contributed by atoms with van der Waals surface area (Å²) in [6.07, 6.45) is 9.48. The van der Waals surface area contributed by atoms with Crippen LogP contribution in [-0.4, -0.2) is 5.75 Å². The minimum Gasteiger partial charge on any atom is -0.399 e. The molecule has 0 saturated carbocycles. The monoisotopic (exact) mass is 285 g/mol. The van der Waals surface area contributed by atoms with E-state index >= 15 is 0 Å². The van der Waals surface area contributed by atoms with E-state index < -0.39 is 0 Å². The van der Waals surface area contributed by atoms with Crippen LogP contribution in [0.25, 0.3) is 0 Å². The van der Waals surface area contributed by atoms with Gasteiger partial charge in [-0.1, -0.05) is 57.0 Å². The van der Waals surface area contributed by atoms with Gasteiger partial charge in [0.2, 0.25) is 0 Å². The predicted octanol–water partition coefficient (Wildman–Crippen LogP) is 5.76. The van der Waals surface area contributed by atoms with Gasteiger partial charge in [0.05, 0.1) is 5.02 Å². The van der Waals surface area contributed by atoms with E-state index in [0.717, 1.165) is 21.4 Å². The predicted molar refractivity (Wildman–Crippen MR) is 84.6 cm³/mol. The average Bonchev–Trinajstić information content (AvgIpc) is 2.35. The summed E-state index contributed by atoms with van der Waals surface area (Å²) < 4.78 is 0. The first kappa shape index (κ1) is 15.7. The van der Waals surface area contributed by atoms with Crippen molar-refractivity contribution in [2.75, 3.05) is 11.5 Å². The highest BCUT2D eigenvalue weighted by atomic mass is 35.5. The Labute approximate surface area is 120 Å². The molecular formula is C15H24ClNS. The molecule has 0 amide bonds. The molecule has 18 heavy (non-hydrogen) atoms. The maximum absolute atomic E-state index is 6.13. The molecule has 0 aliphatic heterocycles. The second-order valence-corrected chi connectivity index (χ2v) is 6.20. The maximum atomic E-state index is 6.13. The van der Waals surface area contributed by atoms with Gasteiger partial charge in [-0.15, -0.1) is 11.8 Å². The van der Waals surface area contributed by atoms with Crippen molar-refractivity contribution in [2.24, 2.45) is 0 Å². The topological polar surface area (TPSA) is 26.0 Å². The van der Waals surface area contributed by atoms with Crippen LogP contribution in [0.15, 0.2) is 23.1 Å². The normalized spacial score (nSPS) is 10.8. The summed E-state index contributed by atoms with van der Waals surface area (Å²) in [6, 6.07) is 5.76. The molecule has 102 valence electrons. The standard InChI is InChI=1S/C15H24ClNS/c1-2-3-4-5-6-7-8-11-18-15-10-9-13(17)12-14(15)16/h9-10,12H,2-8,11,17H2,1H3. The Morgan fingerprint density at radius 1 is 1.06 bits per heavy atom. The summed E-state index contributed by atoms with van der Waals surface area (Å²) in [5.74, 6) is 1.15.